The molecule has 12 aliphatic rings. The standard InChI is InChI=1S/C64H81NO9/c1-37(38-11-5-6-12-38)41-18-21-50-58-61(46(23-26-73-58)28-44-27-43(19-20-49(44)61)40-13-3-2-4-14-40)34-60(35-66)53-22-25-59-24-10-9-16-39-15-7-8-17-42(39)31-52(65-36-67)47-29-45(55(59)48-32-54(68)74-56(47)48)33-62(59,70)64(53,72)57(69)51(30-41)63(50,60)71/h2-4,7-8,13-15,17,32,35,37-38,41,43-47,49-53,55-58,65,67,69-72H,5-6,10-12,18-31,33-34,36H2,1H3. The van der Waals surface area contributed by atoms with Crippen LogP contribution in [-0.4, -0.2) is 92.3 Å². The van der Waals surface area contributed by atoms with Crippen molar-refractivity contribution in [2.24, 2.45) is 87.3 Å². The Labute approximate surface area is 438 Å². The number of aldehydes is 1. The van der Waals surface area contributed by atoms with Gasteiger partial charge < -0.3 is 39.8 Å². The Morgan fingerprint density at radius 2 is 1.64 bits per heavy atom. The monoisotopic (exact) mass is 1010 g/mol. The van der Waals surface area contributed by atoms with Crippen molar-refractivity contribution in [1.29, 1.82) is 0 Å². The molecule has 22 unspecified atom stereocenters. The zero-order valence-electron chi connectivity index (χ0n) is 43.6. The zero-order valence-corrected chi connectivity index (χ0v) is 43.6. The molecule has 2 aromatic carbocycles. The molecule has 2 aliphatic heterocycles. The lowest BCUT2D eigenvalue weighted by atomic mass is 9.31. The normalized spacial score (nSPS) is 50.1. The average molecular weight is 1010 g/mol. The fourth-order valence-electron chi connectivity index (χ4n) is 22.7. The van der Waals surface area contributed by atoms with Gasteiger partial charge in [-0.15, -0.1) is 0 Å². The van der Waals surface area contributed by atoms with E-state index in [4.69, 9.17) is 9.47 Å². The Balaban J connectivity index is 0.941. The van der Waals surface area contributed by atoms with E-state index in [1.54, 1.807) is 6.08 Å². The van der Waals surface area contributed by atoms with E-state index in [1.807, 2.05) is 18.2 Å². The molecule has 2 heterocycles. The number of esters is 1. The van der Waals surface area contributed by atoms with Crippen molar-refractivity contribution in [2.75, 3.05) is 13.3 Å². The first-order chi connectivity index (χ1) is 35.9. The number of rotatable bonds is 6. The van der Waals surface area contributed by atoms with Gasteiger partial charge in [0.25, 0.3) is 0 Å². The van der Waals surface area contributed by atoms with Gasteiger partial charge in [-0.1, -0.05) is 93.0 Å². The highest BCUT2D eigenvalue weighted by atomic mass is 16.5. The van der Waals surface area contributed by atoms with E-state index in [1.165, 1.54) is 31.2 Å². The molecule has 10 aliphatic carbocycles. The molecule has 396 valence electrons. The first-order valence-corrected chi connectivity index (χ1v) is 29.7. The first-order valence-electron chi connectivity index (χ1n) is 29.7. The Morgan fingerprint density at radius 1 is 0.838 bits per heavy atom. The highest BCUT2D eigenvalue weighted by Crippen LogP contribution is 2.81. The highest BCUT2D eigenvalue weighted by Gasteiger charge is 2.88. The van der Waals surface area contributed by atoms with Gasteiger partial charge in [0, 0.05) is 65.2 Å². The lowest BCUT2D eigenvalue weighted by Gasteiger charge is -2.76. The van der Waals surface area contributed by atoms with Crippen molar-refractivity contribution in [3.8, 4) is 11.8 Å². The molecular formula is C64H81NO9. The number of ether oxygens (including phenoxy) is 2. The van der Waals surface area contributed by atoms with Gasteiger partial charge in [-0.3, -0.25) is 5.32 Å². The Morgan fingerprint density at radius 3 is 2.45 bits per heavy atom. The number of carbonyl (C=O) groups is 2. The second kappa shape index (κ2) is 17.6. The summed E-state index contributed by atoms with van der Waals surface area (Å²) < 4.78 is 13.6. The third kappa shape index (κ3) is 6.33. The van der Waals surface area contributed by atoms with E-state index >= 15 is 4.79 Å². The van der Waals surface area contributed by atoms with Crippen molar-refractivity contribution in [3.63, 3.8) is 0 Å². The minimum Gasteiger partial charge on any atom is -0.454 e. The molecule has 0 aromatic heterocycles. The third-order valence-electron chi connectivity index (χ3n) is 25.3. The van der Waals surface area contributed by atoms with Crippen molar-refractivity contribution >= 4 is 12.3 Å². The molecule has 0 amide bonds. The number of aliphatic hydroxyl groups excluding tert-OH is 2. The number of nitrogens with one attached hydrogen (secondary N) is 1. The molecule has 2 aromatic rings. The highest BCUT2D eigenvalue weighted by molar-refractivity contribution is 5.86. The average Bonchev–Trinajstić information content (AvgIpc) is 4.28. The predicted octanol–water partition coefficient (Wildman–Crippen LogP) is 8.20. The van der Waals surface area contributed by atoms with Crippen LogP contribution >= 0.6 is 0 Å². The van der Waals surface area contributed by atoms with Crippen LogP contribution in [0.4, 0.5) is 0 Å². The van der Waals surface area contributed by atoms with Crippen LogP contribution in [0.5, 0.6) is 0 Å². The fraction of sp³-hybridized carbons (Fsp3) is 0.719. The second-order valence-corrected chi connectivity index (χ2v) is 27.1. The summed E-state index contributed by atoms with van der Waals surface area (Å²) in [6.07, 6.45) is 15.6. The van der Waals surface area contributed by atoms with Crippen molar-refractivity contribution in [1.82, 2.24) is 5.32 Å². The van der Waals surface area contributed by atoms with Crippen LogP contribution in [0.25, 0.3) is 0 Å². The Bertz CT molecular complexity index is 2640. The van der Waals surface area contributed by atoms with Crippen LogP contribution in [0.1, 0.15) is 152 Å². The summed E-state index contributed by atoms with van der Waals surface area (Å²) >= 11 is 0. The minimum atomic E-state index is -2.19. The molecular weight excluding hydrogens is 927 g/mol. The van der Waals surface area contributed by atoms with Crippen molar-refractivity contribution < 1.29 is 44.6 Å². The second-order valence-electron chi connectivity index (χ2n) is 27.1. The maximum Gasteiger partial charge on any atom is 0.331 e. The Kier molecular flexibility index (Phi) is 11.6. The summed E-state index contributed by atoms with van der Waals surface area (Å²) in [4.78, 5) is 29.3. The number of aliphatic hydroxyl groups is 5. The number of hydrogen-bond acceptors (Lipinski definition) is 10. The topological polar surface area (TPSA) is 166 Å². The molecule has 10 nitrogen and oxygen atoms in total. The smallest absolute Gasteiger partial charge is 0.331 e. The largest absolute Gasteiger partial charge is 0.454 e. The predicted molar refractivity (Wildman–Crippen MR) is 277 cm³/mol. The number of hydrogen-bond donors (Lipinski definition) is 6. The van der Waals surface area contributed by atoms with Crippen LogP contribution in [0.15, 0.2) is 66.2 Å². The Hall–Kier alpha value is -3.40. The van der Waals surface area contributed by atoms with Gasteiger partial charge in [0.2, 0.25) is 0 Å². The lowest BCUT2D eigenvalue weighted by molar-refractivity contribution is -0.392. The summed E-state index contributed by atoms with van der Waals surface area (Å²) in [7, 11) is 0. The molecule has 1 saturated heterocycles. The minimum absolute atomic E-state index is 0.145. The number of fused-ring (bicyclic) bond motifs is 9. The summed E-state index contributed by atoms with van der Waals surface area (Å²) in [5.41, 5.74) is -4.54. The molecule has 2 spiro atoms. The van der Waals surface area contributed by atoms with E-state index in [0.717, 1.165) is 61.5 Å². The maximum atomic E-state index is 15.5. The SMILES string of the molecule is CC(C1CCCC1)C1CCC2C3OCCC4CC5CC(c6ccccc6)CCC5C43CC3(C=O)C4CCC56CCC#Cc7ccccc7CC(NCO)C7CC(CC5(O)C4(O)C(O)C(C1)C23O)C6C1=CC(=O)OC17. The zero-order chi connectivity index (χ0) is 50.6. The van der Waals surface area contributed by atoms with Gasteiger partial charge >= 0.3 is 5.97 Å². The van der Waals surface area contributed by atoms with Crippen molar-refractivity contribution in [3.05, 3.63) is 82.9 Å². The van der Waals surface area contributed by atoms with E-state index in [2.05, 4.69) is 60.5 Å². The molecule has 9 saturated carbocycles. The van der Waals surface area contributed by atoms with E-state index in [-0.39, 0.29) is 54.9 Å². The summed E-state index contributed by atoms with van der Waals surface area (Å²) in [5.74, 6) is 6.05. The lowest BCUT2D eigenvalue weighted by Crippen LogP contribution is -2.87. The molecule has 0 radical (unpaired) electrons. The van der Waals surface area contributed by atoms with Gasteiger partial charge in [0.05, 0.1) is 30.0 Å². The van der Waals surface area contributed by atoms with Crippen LogP contribution in [0.3, 0.4) is 0 Å². The summed E-state index contributed by atoms with van der Waals surface area (Å²) in [5, 5.41) is 72.4. The number of benzene rings is 2. The molecule has 10 heteroatoms. The van der Waals surface area contributed by atoms with Gasteiger partial charge in [0.15, 0.2) is 0 Å². The van der Waals surface area contributed by atoms with Crippen LogP contribution < -0.4 is 5.32 Å². The van der Waals surface area contributed by atoms with Gasteiger partial charge in [-0.05, 0) is 172 Å². The molecule has 14 rings (SSSR count). The molecule has 74 heavy (non-hydrogen) atoms. The first kappa shape index (κ1) is 48.9. The summed E-state index contributed by atoms with van der Waals surface area (Å²) in [6, 6.07) is 18.8. The fourth-order valence-corrected chi connectivity index (χ4v) is 22.7. The number of carbonyl (C=O) groups excluding carboxylic acids is 2. The van der Waals surface area contributed by atoms with Gasteiger partial charge in [0.1, 0.15) is 23.6 Å². The summed E-state index contributed by atoms with van der Waals surface area (Å²) in [6.45, 7) is 2.74. The van der Waals surface area contributed by atoms with Crippen LogP contribution in [-0.2, 0) is 25.5 Å². The molecule has 6 N–H and O–H groups in total. The molecule has 22 atom stereocenters. The van der Waals surface area contributed by atoms with Gasteiger partial charge in [-0.2, -0.15) is 0 Å². The van der Waals surface area contributed by atoms with E-state index in [0.29, 0.717) is 94.0 Å². The quantitative estimate of drug-likeness (QED) is 0.0720. The molecule has 4 bridgehead atoms. The van der Waals surface area contributed by atoms with Gasteiger partial charge in [-0.25, -0.2) is 4.79 Å². The van der Waals surface area contributed by atoms with E-state index < -0.39 is 69.0 Å². The van der Waals surface area contributed by atoms with E-state index in [9.17, 15) is 30.3 Å². The maximum absolute atomic E-state index is 15.5. The molecule has 10 fully saturated rings. The van der Waals surface area contributed by atoms with Crippen LogP contribution in [0.2, 0.25) is 0 Å². The van der Waals surface area contributed by atoms with Crippen molar-refractivity contribution in [2.45, 2.75) is 182 Å². The third-order valence-corrected chi connectivity index (χ3v) is 25.3. The van der Waals surface area contributed by atoms with Crippen LogP contribution in [0, 0.1) is 99.1 Å².